The second-order valence-corrected chi connectivity index (χ2v) is 7.90. The van der Waals surface area contributed by atoms with E-state index < -0.39 is 6.41 Å². The standard InChI is InChI=1S/C22H26N8O2/c1-30-21(25-17-6-7-19-16(10-17)11-24-28-19)27-20(29-30)15-4-2-14(3-5-15)13-32-22(31)26-18-8-9-23-12-18/h2-7,10-11,18,22-23,26,31H,8-9,12-13H2,1H3,(H,24,28)(H,25,27,29). The molecule has 2 aromatic carbocycles. The quantitative estimate of drug-likeness (QED) is 0.266. The van der Waals surface area contributed by atoms with Crippen molar-refractivity contribution in [2.24, 2.45) is 7.05 Å². The van der Waals surface area contributed by atoms with Gasteiger partial charge < -0.3 is 20.5 Å². The van der Waals surface area contributed by atoms with E-state index in [4.69, 9.17) is 4.74 Å². The lowest BCUT2D eigenvalue weighted by atomic mass is 10.1. The van der Waals surface area contributed by atoms with Gasteiger partial charge in [0.2, 0.25) is 12.4 Å². The molecule has 1 saturated heterocycles. The number of nitrogens with zero attached hydrogens (tertiary/aromatic N) is 4. The van der Waals surface area contributed by atoms with Crippen LogP contribution in [-0.4, -0.2) is 55.6 Å². The Bertz CT molecular complexity index is 1180. The molecule has 1 fully saturated rings. The van der Waals surface area contributed by atoms with E-state index in [1.807, 2.05) is 49.5 Å². The molecule has 2 unspecified atom stereocenters. The van der Waals surface area contributed by atoms with Gasteiger partial charge >= 0.3 is 0 Å². The molecule has 32 heavy (non-hydrogen) atoms. The molecule has 3 heterocycles. The maximum absolute atomic E-state index is 10.0. The lowest BCUT2D eigenvalue weighted by Crippen LogP contribution is -2.40. The summed E-state index contributed by atoms with van der Waals surface area (Å²) < 4.78 is 7.23. The van der Waals surface area contributed by atoms with Gasteiger partial charge in [0.05, 0.1) is 18.3 Å². The molecule has 0 amide bonds. The topological polar surface area (TPSA) is 125 Å². The molecule has 2 aromatic heterocycles. The minimum atomic E-state index is -0.980. The van der Waals surface area contributed by atoms with Crippen LogP contribution >= 0.6 is 0 Å². The minimum Gasteiger partial charge on any atom is -0.356 e. The van der Waals surface area contributed by atoms with E-state index in [0.29, 0.717) is 18.4 Å². The van der Waals surface area contributed by atoms with Crippen molar-refractivity contribution in [1.29, 1.82) is 0 Å². The number of rotatable bonds is 8. The van der Waals surface area contributed by atoms with Crippen LogP contribution in [0.3, 0.4) is 0 Å². The Hall–Kier alpha value is -3.31. The third-order valence-electron chi connectivity index (χ3n) is 5.52. The van der Waals surface area contributed by atoms with Gasteiger partial charge in [-0.2, -0.15) is 10.1 Å². The normalized spacial score (nSPS) is 17.1. The Morgan fingerprint density at radius 1 is 1.25 bits per heavy atom. The number of aryl methyl sites for hydroxylation is 1. The van der Waals surface area contributed by atoms with E-state index in [9.17, 15) is 5.11 Å². The smallest absolute Gasteiger partial charge is 0.225 e. The Morgan fingerprint density at radius 2 is 2.12 bits per heavy atom. The van der Waals surface area contributed by atoms with E-state index in [1.165, 1.54) is 0 Å². The highest BCUT2D eigenvalue weighted by molar-refractivity contribution is 5.82. The summed E-state index contributed by atoms with van der Waals surface area (Å²) in [6.07, 6.45) is 1.79. The Balaban J connectivity index is 1.21. The summed E-state index contributed by atoms with van der Waals surface area (Å²) in [5.74, 6) is 1.27. The summed E-state index contributed by atoms with van der Waals surface area (Å²) in [6.45, 7) is 2.12. The SMILES string of the molecule is Cn1nc(-c2ccc(COC(O)NC3CCNC3)cc2)nc1Nc1ccc2[nH]ncc2c1. The molecule has 0 bridgehead atoms. The molecule has 5 rings (SSSR count). The van der Waals surface area contributed by atoms with Crippen LogP contribution in [0.1, 0.15) is 12.0 Å². The van der Waals surface area contributed by atoms with Crippen molar-refractivity contribution in [3.05, 3.63) is 54.2 Å². The van der Waals surface area contributed by atoms with Gasteiger partial charge in [-0.3, -0.25) is 10.4 Å². The highest BCUT2D eigenvalue weighted by atomic mass is 16.6. The number of fused-ring (bicyclic) bond motifs is 1. The average Bonchev–Trinajstić information content (AvgIpc) is 3.55. The van der Waals surface area contributed by atoms with Crippen LogP contribution in [0, 0.1) is 0 Å². The second-order valence-electron chi connectivity index (χ2n) is 7.90. The van der Waals surface area contributed by atoms with E-state index in [-0.39, 0.29) is 6.04 Å². The van der Waals surface area contributed by atoms with Crippen LogP contribution in [0.2, 0.25) is 0 Å². The Morgan fingerprint density at radius 3 is 2.94 bits per heavy atom. The van der Waals surface area contributed by atoms with E-state index >= 15 is 0 Å². The molecule has 4 aromatic rings. The fourth-order valence-electron chi connectivity index (χ4n) is 3.74. The van der Waals surface area contributed by atoms with Crippen molar-refractivity contribution in [2.45, 2.75) is 25.5 Å². The van der Waals surface area contributed by atoms with Gasteiger partial charge in [-0.15, -0.1) is 5.10 Å². The zero-order valence-electron chi connectivity index (χ0n) is 17.7. The zero-order chi connectivity index (χ0) is 21.9. The number of nitrogens with one attached hydrogen (secondary N) is 4. The lowest BCUT2D eigenvalue weighted by Gasteiger charge is -2.18. The van der Waals surface area contributed by atoms with E-state index in [0.717, 1.165) is 47.2 Å². The number of H-pyrrole nitrogens is 1. The van der Waals surface area contributed by atoms with Crippen molar-refractivity contribution in [2.75, 3.05) is 18.4 Å². The zero-order valence-corrected chi connectivity index (χ0v) is 17.7. The molecule has 5 N–H and O–H groups in total. The van der Waals surface area contributed by atoms with Crippen molar-refractivity contribution >= 4 is 22.5 Å². The fourth-order valence-corrected chi connectivity index (χ4v) is 3.74. The van der Waals surface area contributed by atoms with Crippen LogP contribution in [0.25, 0.3) is 22.3 Å². The Labute approximate surface area is 185 Å². The molecule has 1 aliphatic heterocycles. The maximum atomic E-state index is 10.0. The molecule has 0 radical (unpaired) electrons. The van der Waals surface area contributed by atoms with Crippen molar-refractivity contribution in [1.82, 2.24) is 35.6 Å². The van der Waals surface area contributed by atoms with E-state index in [2.05, 4.69) is 36.2 Å². The summed E-state index contributed by atoms with van der Waals surface area (Å²) in [4.78, 5) is 4.63. The number of aliphatic hydroxyl groups excluding tert-OH is 1. The molecule has 1 aliphatic rings. The summed E-state index contributed by atoms with van der Waals surface area (Å²) >= 11 is 0. The van der Waals surface area contributed by atoms with Gasteiger partial charge in [-0.05, 0) is 36.7 Å². The first-order valence-electron chi connectivity index (χ1n) is 10.6. The summed E-state index contributed by atoms with van der Waals surface area (Å²) in [5, 5.41) is 32.2. The number of hydrogen-bond donors (Lipinski definition) is 5. The second kappa shape index (κ2) is 9.05. The summed E-state index contributed by atoms with van der Waals surface area (Å²) in [5.41, 5.74) is 3.76. The molecular weight excluding hydrogens is 408 g/mol. The molecular formula is C22H26N8O2. The van der Waals surface area contributed by atoms with Crippen LogP contribution < -0.4 is 16.0 Å². The van der Waals surface area contributed by atoms with Crippen LogP contribution in [0.15, 0.2) is 48.7 Å². The number of anilines is 2. The van der Waals surface area contributed by atoms with Crippen LogP contribution in [0.5, 0.6) is 0 Å². The first kappa shape index (κ1) is 20.6. The third-order valence-corrected chi connectivity index (χ3v) is 5.52. The van der Waals surface area contributed by atoms with Gasteiger partial charge in [0.25, 0.3) is 0 Å². The van der Waals surface area contributed by atoms with Gasteiger partial charge in [0.15, 0.2) is 5.82 Å². The van der Waals surface area contributed by atoms with Crippen LogP contribution in [-0.2, 0) is 18.4 Å². The van der Waals surface area contributed by atoms with Crippen molar-refractivity contribution < 1.29 is 9.84 Å². The molecule has 10 heteroatoms. The lowest BCUT2D eigenvalue weighted by molar-refractivity contribution is -0.133. The number of hydrogen-bond acceptors (Lipinski definition) is 8. The van der Waals surface area contributed by atoms with E-state index in [1.54, 1.807) is 10.9 Å². The number of ether oxygens (including phenoxy) is 1. The predicted molar refractivity (Wildman–Crippen MR) is 121 cm³/mol. The summed E-state index contributed by atoms with van der Waals surface area (Å²) in [7, 11) is 1.85. The van der Waals surface area contributed by atoms with Crippen LogP contribution in [0.4, 0.5) is 11.6 Å². The highest BCUT2D eigenvalue weighted by Crippen LogP contribution is 2.23. The largest absolute Gasteiger partial charge is 0.356 e. The first-order valence-corrected chi connectivity index (χ1v) is 10.6. The molecule has 0 aliphatic carbocycles. The minimum absolute atomic E-state index is 0.243. The molecule has 0 saturated carbocycles. The molecule has 10 nitrogen and oxygen atoms in total. The van der Waals surface area contributed by atoms with Crippen molar-refractivity contribution in [3.8, 4) is 11.4 Å². The van der Waals surface area contributed by atoms with Gasteiger partial charge in [0, 0.05) is 36.3 Å². The highest BCUT2D eigenvalue weighted by Gasteiger charge is 2.17. The molecule has 2 atom stereocenters. The molecule has 166 valence electrons. The maximum Gasteiger partial charge on any atom is 0.225 e. The first-order chi connectivity index (χ1) is 15.6. The Kier molecular flexibility index (Phi) is 5.82. The number of benzene rings is 2. The van der Waals surface area contributed by atoms with Crippen molar-refractivity contribution in [3.63, 3.8) is 0 Å². The summed E-state index contributed by atoms with van der Waals surface area (Å²) in [6, 6.07) is 14.0. The number of aromatic amines is 1. The number of aliphatic hydroxyl groups is 1. The third kappa shape index (κ3) is 4.63. The molecule has 0 spiro atoms. The number of aromatic nitrogens is 5. The predicted octanol–water partition coefficient (Wildman–Crippen LogP) is 1.85. The monoisotopic (exact) mass is 434 g/mol. The van der Waals surface area contributed by atoms with Gasteiger partial charge in [-0.25, -0.2) is 4.68 Å². The van der Waals surface area contributed by atoms with Gasteiger partial charge in [-0.1, -0.05) is 24.3 Å². The average molecular weight is 435 g/mol. The van der Waals surface area contributed by atoms with Gasteiger partial charge in [0.1, 0.15) is 0 Å². The fraction of sp³-hybridized carbons (Fsp3) is 0.318.